The zero-order valence-corrected chi connectivity index (χ0v) is 16.7. The van der Waals surface area contributed by atoms with E-state index in [1.54, 1.807) is 18.2 Å². The molecule has 2 aliphatic rings. The van der Waals surface area contributed by atoms with Crippen molar-refractivity contribution >= 4 is 27.7 Å². The summed E-state index contributed by atoms with van der Waals surface area (Å²) < 4.78 is 33.6. The predicted octanol–water partition coefficient (Wildman–Crippen LogP) is 1.31. The summed E-state index contributed by atoms with van der Waals surface area (Å²) in [6, 6.07) is 6.69. The van der Waals surface area contributed by atoms with E-state index in [0.717, 1.165) is 12.8 Å². The minimum atomic E-state index is -3.70. The van der Waals surface area contributed by atoms with Gasteiger partial charge in [0.2, 0.25) is 0 Å². The zero-order chi connectivity index (χ0) is 20.1. The van der Waals surface area contributed by atoms with Gasteiger partial charge in [-0.05, 0) is 31.4 Å². The number of fused-ring (bicyclic) bond motifs is 1. The highest BCUT2D eigenvalue weighted by atomic mass is 32.2. The van der Waals surface area contributed by atoms with E-state index in [1.807, 2.05) is 11.8 Å². The van der Waals surface area contributed by atoms with Gasteiger partial charge in [0.05, 0.1) is 5.92 Å². The van der Waals surface area contributed by atoms with E-state index < -0.39 is 21.9 Å². The molecule has 0 bridgehead atoms. The summed E-state index contributed by atoms with van der Waals surface area (Å²) in [6.45, 7) is 3.23. The van der Waals surface area contributed by atoms with Gasteiger partial charge in [0, 0.05) is 25.2 Å². The topological polar surface area (TPSA) is 105 Å². The number of hydrogen-bond donors (Lipinski definition) is 1. The van der Waals surface area contributed by atoms with Crippen molar-refractivity contribution in [2.24, 2.45) is 10.3 Å². The molecule has 1 amide bonds. The summed E-state index contributed by atoms with van der Waals surface area (Å²) in [5.74, 6) is -0.791. The van der Waals surface area contributed by atoms with Crippen molar-refractivity contribution in [3.63, 3.8) is 0 Å². The van der Waals surface area contributed by atoms with E-state index in [4.69, 9.17) is 4.74 Å². The molecule has 0 unspecified atom stereocenters. The molecule has 8 nitrogen and oxygen atoms in total. The fraction of sp³-hybridized carbons (Fsp3) is 0.526. The number of likely N-dealkylation sites (tertiary alicyclic amines) is 1. The molecule has 0 aliphatic carbocycles. The first-order valence-electron chi connectivity index (χ1n) is 9.55. The Morgan fingerprint density at radius 3 is 2.89 bits per heavy atom. The molecule has 0 aromatic heterocycles. The molecule has 152 valence electrons. The van der Waals surface area contributed by atoms with Crippen molar-refractivity contribution in [3.05, 3.63) is 29.8 Å². The summed E-state index contributed by atoms with van der Waals surface area (Å²) in [5, 5.41) is 2.70. The van der Waals surface area contributed by atoms with Gasteiger partial charge in [0.1, 0.15) is 4.90 Å². The van der Waals surface area contributed by atoms with E-state index in [2.05, 4.69) is 9.71 Å². The van der Waals surface area contributed by atoms with Gasteiger partial charge < -0.3 is 15.0 Å². The molecule has 1 saturated heterocycles. The summed E-state index contributed by atoms with van der Waals surface area (Å²) in [6.07, 6.45) is 3.20. The van der Waals surface area contributed by atoms with Crippen molar-refractivity contribution in [2.75, 3.05) is 26.2 Å². The number of rotatable bonds is 6. The molecule has 0 radical (unpaired) electrons. The minimum absolute atomic E-state index is 0.193. The van der Waals surface area contributed by atoms with Crippen molar-refractivity contribution in [3.8, 4) is 0 Å². The maximum Gasteiger partial charge on any atom is 0.311 e. The van der Waals surface area contributed by atoms with Gasteiger partial charge in [-0.25, -0.2) is 0 Å². The molecule has 2 heterocycles. The number of amidine groups is 1. The third kappa shape index (κ3) is 4.52. The van der Waals surface area contributed by atoms with Crippen LogP contribution in [-0.4, -0.2) is 57.3 Å². The molecular formula is C19H25N3O5S. The molecule has 9 heteroatoms. The monoisotopic (exact) mass is 407 g/mol. The van der Waals surface area contributed by atoms with Crippen LogP contribution in [0, 0.1) is 5.92 Å². The Hall–Kier alpha value is -2.42. The maximum atomic E-state index is 12.4. The molecule has 0 spiro atoms. The second-order valence-corrected chi connectivity index (χ2v) is 8.56. The van der Waals surface area contributed by atoms with Crippen LogP contribution in [0.2, 0.25) is 0 Å². The number of carbonyl (C=O) groups is 2. The molecule has 1 aromatic carbocycles. The first-order chi connectivity index (χ1) is 13.4. The average molecular weight is 407 g/mol. The first kappa shape index (κ1) is 20.3. The van der Waals surface area contributed by atoms with Crippen LogP contribution in [0.4, 0.5) is 0 Å². The normalized spacial score (nSPS) is 20.2. The number of carbonyl (C=O) groups excluding carboxylic acids is 2. The fourth-order valence-corrected chi connectivity index (χ4v) is 4.62. The van der Waals surface area contributed by atoms with Crippen LogP contribution in [0.3, 0.4) is 0 Å². The van der Waals surface area contributed by atoms with Crippen LogP contribution in [0.15, 0.2) is 33.6 Å². The quantitative estimate of drug-likeness (QED) is 0.563. The third-order valence-corrected chi connectivity index (χ3v) is 6.19. The van der Waals surface area contributed by atoms with Gasteiger partial charge in [-0.15, -0.1) is 4.40 Å². The summed E-state index contributed by atoms with van der Waals surface area (Å²) >= 11 is 0. The van der Waals surface area contributed by atoms with Crippen molar-refractivity contribution in [2.45, 2.75) is 37.5 Å². The molecular weight excluding hydrogens is 382 g/mol. The molecule has 1 atom stereocenters. The highest BCUT2D eigenvalue weighted by Gasteiger charge is 2.35. The molecule has 28 heavy (non-hydrogen) atoms. The molecule has 0 saturated carbocycles. The number of unbranched alkanes of at least 4 members (excludes halogenated alkanes) is 1. The van der Waals surface area contributed by atoms with Gasteiger partial charge in [0.25, 0.3) is 15.9 Å². The minimum Gasteiger partial charge on any atom is -0.455 e. The zero-order valence-electron chi connectivity index (χ0n) is 15.9. The number of amides is 1. The Morgan fingerprint density at radius 2 is 2.11 bits per heavy atom. The smallest absolute Gasteiger partial charge is 0.311 e. The van der Waals surface area contributed by atoms with Crippen molar-refractivity contribution < 1.29 is 22.7 Å². The van der Waals surface area contributed by atoms with Crippen LogP contribution >= 0.6 is 0 Å². The number of sulfonamides is 1. The Morgan fingerprint density at radius 1 is 1.32 bits per heavy atom. The number of hydrogen-bond acceptors (Lipinski definition) is 6. The second kappa shape index (κ2) is 8.72. The van der Waals surface area contributed by atoms with Gasteiger partial charge in [-0.3, -0.25) is 9.59 Å². The Kier molecular flexibility index (Phi) is 6.33. The van der Waals surface area contributed by atoms with Crippen molar-refractivity contribution in [1.82, 2.24) is 10.2 Å². The largest absolute Gasteiger partial charge is 0.455 e. The van der Waals surface area contributed by atoms with Crippen LogP contribution in [0.25, 0.3) is 0 Å². The number of nitrogens with one attached hydrogen (secondary N) is 1. The lowest BCUT2D eigenvalue weighted by Gasteiger charge is -2.32. The highest BCUT2D eigenvalue weighted by Crippen LogP contribution is 2.29. The summed E-state index contributed by atoms with van der Waals surface area (Å²) in [5.41, 5.74) is 0.562. The van der Waals surface area contributed by atoms with Gasteiger partial charge in [0.15, 0.2) is 12.4 Å². The number of nitrogens with zero attached hydrogens (tertiary/aromatic N) is 2. The Bertz CT molecular complexity index is 881. The van der Waals surface area contributed by atoms with Crippen LogP contribution < -0.4 is 5.32 Å². The molecule has 1 aromatic rings. The molecule has 2 aliphatic heterocycles. The van der Waals surface area contributed by atoms with Gasteiger partial charge >= 0.3 is 5.97 Å². The Balaban J connectivity index is 1.60. The number of ether oxygens (including phenoxy) is 1. The lowest BCUT2D eigenvalue weighted by Crippen LogP contribution is -2.43. The van der Waals surface area contributed by atoms with Gasteiger partial charge in [-0.1, -0.05) is 25.5 Å². The van der Waals surface area contributed by atoms with E-state index in [1.165, 1.54) is 6.07 Å². The fourth-order valence-electron chi connectivity index (χ4n) is 3.39. The van der Waals surface area contributed by atoms with E-state index in [9.17, 15) is 18.0 Å². The molecule has 1 fully saturated rings. The number of benzene rings is 1. The number of esters is 1. The van der Waals surface area contributed by atoms with Crippen molar-refractivity contribution in [1.29, 1.82) is 0 Å². The summed E-state index contributed by atoms with van der Waals surface area (Å²) in [4.78, 5) is 26.1. The van der Waals surface area contributed by atoms with Crippen LogP contribution in [0.5, 0.6) is 0 Å². The standard InChI is InChI=1S/C19H25N3O5S/c1-2-3-10-20-17(23)13-27-19(24)14-7-6-11-22(12-14)18-15-8-4-5-9-16(15)28(25,26)21-18/h4-5,8-9,14H,2-3,6-7,10-13H2,1H3,(H,20,23)/t14-/m0/s1. The summed E-state index contributed by atoms with van der Waals surface area (Å²) in [7, 11) is -3.70. The molecule has 3 rings (SSSR count). The lowest BCUT2D eigenvalue weighted by atomic mass is 9.97. The van der Waals surface area contributed by atoms with E-state index in [-0.39, 0.29) is 17.4 Å². The van der Waals surface area contributed by atoms with E-state index in [0.29, 0.717) is 43.9 Å². The lowest BCUT2D eigenvalue weighted by molar-refractivity contribution is -0.153. The predicted molar refractivity (Wildman–Crippen MR) is 103 cm³/mol. The Labute approximate surface area is 165 Å². The van der Waals surface area contributed by atoms with Crippen LogP contribution in [0.1, 0.15) is 38.2 Å². The third-order valence-electron chi connectivity index (χ3n) is 4.86. The second-order valence-electron chi connectivity index (χ2n) is 6.98. The van der Waals surface area contributed by atoms with Crippen LogP contribution in [-0.2, 0) is 24.3 Å². The SMILES string of the molecule is CCCCNC(=O)COC(=O)[C@H]1CCCN(C2=NS(=O)(=O)c3ccccc32)C1. The number of piperidine rings is 1. The van der Waals surface area contributed by atoms with Gasteiger partial charge in [-0.2, -0.15) is 8.42 Å². The maximum absolute atomic E-state index is 12.4. The average Bonchev–Trinajstić information content (AvgIpc) is 2.98. The van der Waals surface area contributed by atoms with E-state index >= 15 is 0 Å². The molecule has 1 N–H and O–H groups in total. The first-order valence-corrected chi connectivity index (χ1v) is 11.0. The highest BCUT2D eigenvalue weighted by molar-refractivity contribution is 7.90.